The fourth-order valence-corrected chi connectivity index (χ4v) is 2.75. The van der Waals surface area contributed by atoms with Gasteiger partial charge in [-0.05, 0) is 44.1 Å². The smallest absolute Gasteiger partial charge is 0.0541 e. The molecule has 0 heterocycles. The zero-order valence-electron chi connectivity index (χ0n) is 9.29. The van der Waals surface area contributed by atoms with Gasteiger partial charge in [0, 0.05) is 4.90 Å². The number of aryl methyl sites for hydroxylation is 3. The third-order valence-corrected chi connectivity index (χ3v) is 3.71. The molecule has 15 heavy (non-hydrogen) atoms. The van der Waals surface area contributed by atoms with Crippen LogP contribution in [0.4, 0.5) is 0 Å². The zero-order chi connectivity index (χ0) is 10.8. The number of hydrogen-bond donors (Lipinski definition) is 0. The Bertz CT molecular complexity index is 463. The maximum absolute atomic E-state index is 3.22. The first-order valence-electron chi connectivity index (χ1n) is 5.06. The fraction of sp³-hybridized carbons (Fsp3) is 0.214. The molecule has 1 aliphatic rings. The van der Waals surface area contributed by atoms with Crippen molar-refractivity contribution in [3.8, 4) is 0 Å². The molecular weight excluding hydrogens is 200 g/mol. The van der Waals surface area contributed by atoms with E-state index in [1.54, 1.807) is 11.8 Å². The molecule has 0 amide bonds. The van der Waals surface area contributed by atoms with E-state index >= 15 is 0 Å². The minimum absolute atomic E-state index is 1.20. The van der Waals surface area contributed by atoms with Crippen LogP contribution in [0.3, 0.4) is 0 Å². The van der Waals surface area contributed by atoms with Crippen LogP contribution in [0.15, 0.2) is 45.9 Å². The van der Waals surface area contributed by atoms with E-state index in [1.807, 2.05) is 12.2 Å². The standard InChI is InChI=1S/C14H14S/c1-10-8-11(2)14(12(3)9-10)15-13-6-4-5-7-13/h4-6,8-9H,1-3H3. The Labute approximate surface area is 95.4 Å². The van der Waals surface area contributed by atoms with Crippen LogP contribution in [0.5, 0.6) is 0 Å². The van der Waals surface area contributed by atoms with E-state index in [0.717, 1.165) is 0 Å². The Morgan fingerprint density at radius 3 is 2.27 bits per heavy atom. The number of benzene rings is 1. The Kier molecular flexibility index (Phi) is 2.86. The van der Waals surface area contributed by atoms with Gasteiger partial charge in [-0.25, -0.2) is 0 Å². The van der Waals surface area contributed by atoms with E-state index in [0.29, 0.717) is 0 Å². The molecular formula is C14H14S. The first-order valence-corrected chi connectivity index (χ1v) is 5.87. The molecule has 1 aromatic rings. The minimum Gasteiger partial charge on any atom is -0.106 e. The molecule has 0 aliphatic heterocycles. The van der Waals surface area contributed by atoms with Gasteiger partial charge in [0.25, 0.3) is 0 Å². The van der Waals surface area contributed by atoms with Crippen molar-refractivity contribution in [3.63, 3.8) is 0 Å². The quantitative estimate of drug-likeness (QED) is 0.661. The number of hydrogen-bond acceptors (Lipinski definition) is 1. The number of rotatable bonds is 2. The Morgan fingerprint density at radius 1 is 1.07 bits per heavy atom. The molecule has 0 bridgehead atoms. The maximum atomic E-state index is 3.22. The second kappa shape index (κ2) is 4.14. The highest BCUT2D eigenvalue weighted by Crippen LogP contribution is 2.34. The van der Waals surface area contributed by atoms with E-state index in [1.165, 1.54) is 26.5 Å². The van der Waals surface area contributed by atoms with Gasteiger partial charge in [-0.3, -0.25) is 0 Å². The van der Waals surface area contributed by atoms with Gasteiger partial charge in [-0.1, -0.05) is 35.5 Å². The monoisotopic (exact) mass is 214 g/mol. The molecule has 0 unspecified atom stereocenters. The molecule has 0 fully saturated rings. The van der Waals surface area contributed by atoms with E-state index in [-0.39, 0.29) is 0 Å². The van der Waals surface area contributed by atoms with Crippen LogP contribution in [-0.2, 0) is 0 Å². The third kappa shape index (κ3) is 2.26. The van der Waals surface area contributed by atoms with Crippen LogP contribution < -0.4 is 0 Å². The number of thioether (sulfide) groups is 1. The lowest BCUT2D eigenvalue weighted by Crippen LogP contribution is -1.87. The van der Waals surface area contributed by atoms with E-state index in [9.17, 15) is 0 Å². The first kappa shape index (κ1) is 10.4. The highest BCUT2D eigenvalue weighted by atomic mass is 32.2. The maximum Gasteiger partial charge on any atom is 0.0541 e. The van der Waals surface area contributed by atoms with Crippen LogP contribution >= 0.6 is 11.8 Å². The third-order valence-electron chi connectivity index (χ3n) is 2.39. The first-order chi connectivity index (χ1) is 7.16. The van der Waals surface area contributed by atoms with Crippen molar-refractivity contribution in [1.29, 1.82) is 0 Å². The van der Waals surface area contributed by atoms with Gasteiger partial charge in [0.15, 0.2) is 0 Å². The molecule has 0 saturated heterocycles. The summed E-state index contributed by atoms with van der Waals surface area (Å²) in [7, 11) is 0. The molecule has 0 saturated carbocycles. The van der Waals surface area contributed by atoms with Gasteiger partial charge in [0.2, 0.25) is 0 Å². The van der Waals surface area contributed by atoms with Crippen LogP contribution in [0.25, 0.3) is 0 Å². The molecule has 76 valence electrons. The van der Waals surface area contributed by atoms with E-state index in [4.69, 9.17) is 0 Å². The second-order valence-corrected chi connectivity index (χ2v) is 4.92. The molecule has 0 atom stereocenters. The lowest BCUT2D eigenvalue weighted by Gasteiger charge is -2.09. The van der Waals surface area contributed by atoms with Crippen LogP contribution in [0, 0.1) is 20.8 Å². The van der Waals surface area contributed by atoms with Crippen molar-refractivity contribution >= 4 is 11.8 Å². The minimum atomic E-state index is 1.20. The summed E-state index contributed by atoms with van der Waals surface area (Å²) < 4.78 is 0. The van der Waals surface area contributed by atoms with Crippen molar-refractivity contribution in [3.05, 3.63) is 57.7 Å². The predicted octanol–water partition coefficient (Wildman–Crippen LogP) is 4.31. The summed E-state index contributed by atoms with van der Waals surface area (Å²) in [4.78, 5) is 2.56. The summed E-state index contributed by atoms with van der Waals surface area (Å²) in [5.41, 5.74) is 7.26. The lowest BCUT2D eigenvalue weighted by atomic mass is 10.1. The van der Waals surface area contributed by atoms with Crippen molar-refractivity contribution in [2.75, 3.05) is 0 Å². The summed E-state index contributed by atoms with van der Waals surface area (Å²) in [6, 6.07) is 4.47. The molecule has 0 spiro atoms. The second-order valence-electron chi connectivity index (χ2n) is 3.86. The van der Waals surface area contributed by atoms with Crippen LogP contribution in [-0.4, -0.2) is 0 Å². The van der Waals surface area contributed by atoms with Gasteiger partial charge in [-0.15, -0.1) is 5.73 Å². The van der Waals surface area contributed by atoms with Crippen LogP contribution in [0.1, 0.15) is 16.7 Å². The van der Waals surface area contributed by atoms with Crippen LogP contribution in [0.2, 0.25) is 0 Å². The highest BCUT2D eigenvalue weighted by molar-refractivity contribution is 8.03. The van der Waals surface area contributed by atoms with Gasteiger partial charge >= 0.3 is 0 Å². The Balaban J connectivity index is 2.36. The Morgan fingerprint density at radius 2 is 1.73 bits per heavy atom. The van der Waals surface area contributed by atoms with Gasteiger partial charge < -0.3 is 0 Å². The molecule has 1 aromatic carbocycles. The highest BCUT2D eigenvalue weighted by Gasteiger charge is 2.06. The molecule has 1 heteroatoms. The SMILES string of the molecule is Cc1cc(C)c(SC2=C=CC=C2)c(C)c1. The van der Waals surface area contributed by atoms with E-state index < -0.39 is 0 Å². The van der Waals surface area contributed by atoms with E-state index in [2.05, 4.69) is 44.7 Å². The molecule has 0 radical (unpaired) electrons. The molecule has 1 aliphatic carbocycles. The molecule has 0 nitrogen and oxygen atoms in total. The summed E-state index contributed by atoms with van der Waals surface area (Å²) in [6.45, 7) is 6.49. The summed E-state index contributed by atoms with van der Waals surface area (Å²) in [5.74, 6) is 0. The summed E-state index contributed by atoms with van der Waals surface area (Å²) >= 11 is 1.80. The van der Waals surface area contributed by atoms with Crippen molar-refractivity contribution in [1.82, 2.24) is 0 Å². The normalized spacial score (nSPS) is 13.4. The van der Waals surface area contributed by atoms with Crippen molar-refractivity contribution in [2.24, 2.45) is 0 Å². The predicted molar refractivity (Wildman–Crippen MR) is 67.2 cm³/mol. The van der Waals surface area contributed by atoms with Crippen molar-refractivity contribution in [2.45, 2.75) is 25.7 Å². The number of allylic oxidation sites excluding steroid dienone is 2. The molecule has 0 N–H and O–H groups in total. The fourth-order valence-electron chi connectivity index (χ4n) is 1.82. The van der Waals surface area contributed by atoms with Gasteiger partial charge in [0.1, 0.15) is 0 Å². The summed E-state index contributed by atoms with van der Waals surface area (Å²) in [6.07, 6.45) is 6.09. The molecule has 0 aromatic heterocycles. The zero-order valence-corrected chi connectivity index (χ0v) is 10.1. The molecule has 2 rings (SSSR count). The Hall–Kier alpha value is -1.17. The lowest BCUT2D eigenvalue weighted by molar-refractivity contribution is 1.19. The van der Waals surface area contributed by atoms with Gasteiger partial charge in [-0.2, -0.15) is 0 Å². The largest absolute Gasteiger partial charge is 0.106 e. The van der Waals surface area contributed by atoms with Crippen molar-refractivity contribution < 1.29 is 0 Å². The average Bonchev–Trinajstić information content (AvgIpc) is 2.63. The average molecular weight is 214 g/mol. The summed E-state index contributed by atoms with van der Waals surface area (Å²) in [5, 5.41) is 0. The van der Waals surface area contributed by atoms with Gasteiger partial charge in [0.05, 0.1) is 4.91 Å². The topological polar surface area (TPSA) is 0 Å².